The predicted octanol–water partition coefficient (Wildman–Crippen LogP) is 3.32. The zero-order valence-electron chi connectivity index (χ0n) is 10.7. The third kappa shape index (κ3) is 3.11. The molecule has 1 aromatic rings. The molecule has 2 rings (SSSR count). The molecule has 1 aromatic carbocycles. The molecule has 1 heterocycles. The summed E-state index contributed by atoms with van der Waals surface area (Å²) in [7, 11) is 0. The molecule has 1 atom stereocenters. The topological polar surface area (TPSA) is 29.3 Å². The van der Waals surface area contributed by atoms with E-state index in [0.29, 0.717) is 12.1 Å². The quantitative estimate of drug-likeness (QED) is 0.927. The molecule has 0 saturated carbocycles. The van der Waals surface area contributed by atoms with Gasteiger partial charge in [-0.2, -0.15) is 0 Å². The zero-order chi connectivity index (χ0) is 13.1. The van der Waals surface area contributed by atoms with Crippen LogP contribution in [0.25, 0.3) is 0 Å². The number of halogens is 2. The van der Waals surface area contributed by atoms with E-state index >= 15 is 0 Å². The van der Waals surface area contributed by atoms with Crippen LogP contribution in [0.3, 0.4) is 0 Å². The van der Waals surface area contributed by atoms with E-state index in [2.05, 4.69) is 27.8 Å². The molecule has 1 saturated heterocycles. The maximum atomic E-state index is 13.9. The van der Waals surface area contributed by atoms with Crippen molar-refractivity contribution in [2.75, 3.05) is 19.6 Å². The third-order valence-corrected chi connectivity index (χ3v) is 4.29. The van der Waals surface area contributed by atoms with Crippen LogP contribution in [0.5, 0.6) is 0 Å². The minimum absolute atomic E-state index is 0.00463. The van der Waals surface area contributed by atoms with E-state index in [-0.39, 0.29) is 11.9 Å². The molecule has 0 spiro atoms. The number of piperidine rings is 1. The first-order chi connectivity index (χ1) is 8.61. The molecule has 2 nitrogen and oxygen atoms in total. The molecule has 100 valence electrons. The Kier molecular flexibility index (Phi) is 4.76. The molecule has 1 aliphatic rings. The summed E-state index contributed by atoms with van der Waals surface area (Å²) in [4.78, 5) is 2.31. The highest BCUT2D eigenvalue weighted by Gasteiger charge is 2.25. The lowest BCUT2D eigenvalue weighted by Gasteiger charge is -2.36. The first kappa shape index (κ1) is 14.0. The molecule has 1 aliphatic heterocycles. The van der Waals surface area contributed by atoms with Crippen LogP contribution in [0.2, 0.25) is 0 Å². The maximum Gasteiger partial charge on any atom is 0.128 e. The Morgan fingerprint density at radius 1 is 1.44 bits per heavy atom. The van der Waals surface area contributed by atoms with E-state index in [9.17, 15) is 4.39 Å². The number of hydrogen-bond acceptors (Lipinski definition) is 2. The molecule has 0 amide bonds. The number of nitrogens with two attached hydrogens (primary N) is 1. The average Bonchev–Trinajstić information content (AvgIpc) is 2.37. The highest BCUT2D eigenvalue weighted by atomic mass is 79.9. The Labute approximate surface area is 116 Å². The number of nitrogens with zero attached hydrogens (tertiary/aromatic N) is 1. The summed E-state index contributed by atoms with van der Waals surface area (Å²) in [5.41, 5.74) is 6.58. The molecule has 1 unspecified atom stereocenters. The van der Waals surface area contributed by atoms with E-state index in [1.54, 1.807) is 6.07 Å². The Bertz CT molecular complexity index is 403. The summed E-state index contributed by atoms with van der Waals surface area (Å²) in [6.45, 7) is 4.75. The second-order valence-electron chi connectivity index (χ2n) is 5.14. The molecule has 0 bridgehead atoms. The number of rotatable bonds is 3. The van der Waals surface area contributed by atoms with Gasteiger partial charge in [0.1, 0.15) is 5.82 Å². The fourth-order valence-electron chi connectivity index (χ4n) is 2.58. The van der Waals surface area contributed by atoms with Gasteiger partial charge in [-0.3, -0.25) is 4.90 Å². The van der Waals surface area contributed by atoms with Gasteiger partial charge in [0, 0.05) is 22.6 Å². The Balaban J connectivity index is 2.19. The largest absolute Gasteiger partial charge is 0.329 e. The molecule has 0 aromatic heterocycles. The predicted molar refractivity (Wildman–Crippen MR) is 75.9 cm³/mol. The van der Waals surface area contributed by atoms with Gasteiger partial charge in [0.25, 0.3) is 0 Å². The Morgan fingerprint density at radius 2 is 2.11 bits per heavy atom. The summed E-state index contributed by atoms with van der Waals surface area (Å²) in [6.07, 6.45) is 2.35. The van der Waals surface area contributed by atoms with Gasteiger partial charge < -0.3 is 5.73 Å². The molecule has 1 fully saturated rings. The average molecular weight is 315 g/mol. The molecule has 0 radical (unpaired) electrons. The Morgan fingerprint density at radius 3 is 2.72 bits per heavy atom. The molecular formula is C14H20BrFN2. The monoisotopic (exact) mass is 314 g/mol. The van der Waals surface area contributed by atoms with Crippen LogP contribution >= 0.6 is 15.9 Å². The number of benzene rings is 1. The molecule has 4 heteroatoms. The van der Waals surface area contributed by atoms with E-state index in [4.69, 9.17) is 5.73 Å². The standard InChI is InChI=1S/C14H20BrFN2/c1-10-4-6-18(7-5-10)14(9-17)12-8-11(15)2-3-13(12)16/h2-3,8,10,14H,4-7,9,17H2,1H3. The van der Waals surface area contributed by atoms with Crippen LogP contribution in [0.4, 0.5) is 4.39 Å². The van der Waals surface area contributed by atoms with Crippen molar-refractivity contribution < 1.29 is 4.39 Å². The van der Waals surface area contributed by atoms with Gasteiger partial charge in [-0.25, -0.2) is 4.39 Å². The molecule has 0 aliphatic carbocycles. The van der Waals surface area contributed by atoms with Crippen molar-refractivity contribution in [3.63, 3.8) is 0 Å². The van der Waals surface area contributed by atoms with E-state index < -0.39 is 0 Å². The lowest BCUT2D eigenvalue weighted by atomic mass is 9.95. The minimum Gasteiger partial charge on any atom is -0.329 e. The summed E-state index contributed by atoms with van der Waals surface area (Å²) >= 11 is 3.40. The van der Waals surface area contributed by atoms with Gasteiger partial charge in [0.2, 0.25) is 0 Å². The summed E-state index contributed by atoms with van der Waals surface area (Å²) in [5, 5.41) is 0. The molecular weight excluding hydrogens is 295 g/mol. The first-order valence-electron chi connectivity index (χ1n) is 6.51. The highest BCUT2D eigenvalue weighted by Crippen LogP contribution is 2.29. The van der Waals surface area contributed by atoms with Crippen LogP contribution in [0.15, 0.2) is 22.7 Å². The third-order valence-electron chi connectivity index (χ3n) is 3.80. The molecule has 2 N–H and O–H groups in total. The zero-order valence-corrected chi connectivity index (χ0v) is 12.3. The van der Waals surface area contributed by atoms with Gasteiger partial charge in [0.05, 0.1) is 0 Å². The van der Waals surface area contributed by atoms with Crippen molar-refractivity contribution in [1.29, 1.82) is 0 Å². The van der Waals surface area contributed by atoms with E-state index in [0.717, 1.165) is 23.5 Å². The van der Waals surface area contributed by atoms with Crippen molar-refractivity contribution in [1.82, 2.24) is 4.90 Å². The van der Waals surface area contributed by atoms with Gasteiger partial charge in [-0.1, -0.05) is 22.9 Å². The lowest BCUT2D eigenvalue weighted by molar-refractivity contribution is 0.139. The van der Waals surface area contributed by atoms with Crippen molar-refractivity contribution in [3.05, 3.63) is 34.1 Å². The smallest absolute Gasteiger partial charge is 0.128 e. The fourth-order valence-corrected chi connectivity index (χ4v) is 2.96. The van der Waals surface area contributed by atoms with Crippen LogP contribution < -0.4 is 5.73 Å². The summed E-state index contributed by atoms with van der Waals surface area (Å²) < 4.78 is 14.8. The van der Waals surface area contributed by atoms with Crippen molar-refractivity contribution in [3.8, 4) is 0 Å². The second-order valence-corrected chi connectivity index (χ2v) is 6.05. The van der Waals surface area contributed by atoms with Crippen molar-refractivity contribution in [2.24, 2.45) is 11.7 Å². The van der Waals surface area contributed by atoms with Crippen LogP contribution in [0.1, 0.15) is 31.4 Å². The van der Waals surface area contributed by atoms with Gasteiger partial charge in [-0.15, -0.1) is 0 Å². The van der Waals surface area contributed by atoms with E-state index in [1.807, 2.05) is 6.07 Å². The SMILES string of the molecule is CC1CCN(C(CN)c2cc(Br)ccc2F)CC1. The van der Waals surface area contributed by atoms with Gasteiger partial charge >= 0.3 is 0 Å². The normalized spacial score (nSPS) is 20.0. The minimum atomic E-state index is -0.160. The van der Waals surface area contributed by atoms with Crippen LogP contribution in [-0.2, 0) is 0 Å². The number of hydrogen-bond donors (Lipinski definition) is 1. The maximum absolute atomic E-state index is 13.9. The second kappa shape index (κ2) is 6.13. The molecule has 18 heavy (non-hydrogen) atoms. The first-order valence-corrected chi connectivity index (χ1v) is 7.30. The van der Waals surface area contributed by atoms with E-state index in [1.165, 1.54) is 18.9 Å². The Hall–Kier alpha value is -0.450. The van der Waals surface area contributed by atoms with Gasteiger partial charge in [0.15, 0.2) is 0 Å². The summed E-state index contributed by atoms with van der Waals surface area (Å²) in [6, 6.07) is 5.08. The highest BCUT2D eigenvalue weighted by molar-refractivity contribution is 9.10. The van der Waals surface area contributed by atoms with Crippen LogP contribution in [-0.4, -0.2) is 24.5 Å². The fraction of sp³-hybridized carbons (Fsp3) is 0.571. The summed E-state index contributed by atoms with van der Waals surface area (Å²) in [5.74, 6) is 0.610. The van der Waals surface area contributed by atoms with Crippen molar-refractivity contribution in [2.45, 2.75) is 25.8 Å². The van der Waals surface area contributed by atoms with Gasteiger partial charge in [-0.05, 0) is 50.0 Å². The number of likely N-dealkylation sites (tertiary alicyclic amines) is 1. The van der Waals surface area contributed by atoms with Crippen LogP contribution in [0, 0.1) is 11.7 Å². The van der Waals surface area contributed by atoms with Crippen molar-refractivity contribution >= 4 is 15.9 Å². The lowest BCUT2D eigenvalue weighted by Crippen LogP contribution is -2.39.